The number of halogens is 4. The van der Waals surface area contributed by atoms with Crippen LogP contribution < -0.4 is 10.6 Å². The zero-order valence-electron chi connectivity index (χ0n) is 29.3. The van der Waals surface area contributed by atoms with E-state index < -0.39 is 7.25 Å². The van der Waals surface area contributed by atoms with Crippen LogP contribution in [0.25, 0.3) is 0 Å². The van der Waals surface area contributed by atoms with Crippen molar-refractivity contribution in [1.29, 1.82) is 0 Å². The molecule has 2 aromatic carbocycles. The summed E-state index contributed by atoms with van der Waals surface area (Å²) >= 11 is 0. The van der Waals surface area contributed by atoms with E-state index in [1.54, 1.807) is 10.6 Å². The van der Waals surface area contributed by atoms with Gasteiger partial charge >= 0.3 is 7.25 Å². The Morgan fingerprint density at radius 1 is 0.478 bits per heavy atom. The van der Waals surface area contributed by atoms with Gasteiger partial charge < -0.3 is 17.3 Å². The van der Waals surface area contributed by atoms with E-state index in [0.29, 0.717) is 0 Å². The smallest absolute Gasteiger partial charge is 0.418 e. The van der Waals surface area contributed by atoms with E-state index in [2.05, 4.69) is 140 Å². The predicted molar refractivity (Wildman–Crippen MR) is 197 cm³/mol. The fourth-order valence-corrected chi connectivity index (χ4v) is 13.5. The molecule has 0 saturated carbocycles. The molecule has 1 aliphatic carbocycles. The number of rotatable bonds is 6. The summed E-state index contributed by atoms with van der Waals surface area (Å²) in [5.74, 6) is 3.39. The molecule has 0 amide bonds. The second-order valence-corrected chi connectivity index (χ2v) is 19.1. The molecule has 2 aromatic rings. The molecule has 4 atom stereocenters. The van der Waals surface area contributed by atoms with Gasteiger partial charge in [-0.15, -0.1) is 0 Å². The Labute approximate surface area is 294 Å². The molecular weight excluding hydrogens is 708 g/mol. The summed E-state index contributed by atoms with van der Waals surface area (Å²) in [6.45, 7) is 19.1. The molecule has 0 N–H and O–H groups in total. The summed E-state index contributed by atoms with van der Waals surface area (Å²) in [5.41, 5.74) is 3.85. The minimum Gasteiger partial charge on any atom is -0.418 e. The molecule has 2 heterocycles. The minimum atomic E-state index is -6.00. The number of allylic oxidation sites excluding steroid dienone is 4. The second-order valence-electron chi connectivity index (χ2n) is 13.8. The van der Waals surface area contributed by atoms with Crippen molar-refractivity contribution in [3.8, 4) is 0 Å². The Kier molecular flexibility index (Phi) is 20.7. The third-order valence-corrected chi connectivity index (χ3v) is 16.8. The molecule has 0 nitrogen and oxygen atoms in total. The van der Waals surface area contributed by atoms with Gasteiger partial charge in [0, 0.05) is 19.5 Å². The van der Waals surface area contributed by atoms with Crippen molar-refractivity contribution in [3.05, 3.63) is 85.0 Å². The molecule has 2 fully saturated rings. The van der Waals surface area contributed by atoms with Gasteiger partial charge in [-0.05, 0) is 95.4 Å². The fourth-order valence-electron chi connectivity index (χ4n) is 6.36. The van der Waals surface area contributed by atoms with E-state index in [9.17, 15) is 17.3 Å². The van der Waals surface area contributed by atoms with Crippen LogP contribution in [0.2, 0.25) is 0 Å². The molecule has 2 aliphatic heterocycles. The fraction of sp³-hybridized carbons (Fsp3) is 0.579. The summed E-state index contributed by atoms with van der Waals surface area (Å²) in [7, 11) is -5.80. The largest absolute Gasteiger partial charge is 0.673 e. The molecule has 261 valence electrons. The van der Waals surface area contributed by atoms with Crippen LogP contribution in [0.1, 0.15) is 93.9 Å². The van der Waals surface area contributed by atoms with Gasteiger partial charge in [-0.1, -0.05) is 156 Å². The first kappa shape index (κ1) is 43.2. The zero-order chi connectivity index (χ0) is 33.6. The van der Waals surface area contributed by atoms with Crippen LogP contribution in [0, 0.1) is 23.7 Å². The van der Waals surface area contributed by atoms with Gasteiger partial charge in [-0.3, -0.25) is 0 Å². The van der Waals surface area contributed by atoms with Gasteiger partial charge in [0.2, 0.25) is 0 Å². The standard InChI is InChI=1S/2C15H23P.C8H12.BF4.Rh/c2*1-11(2)14-10-15(12(3)4)16(14)13-8-6-5-7-9-13;1-2-4-6-8-7-5-3-1;2-1(3,4)5;/h2*5-9,11-12,14-15H,10H2,1-4H3;1-2,7-8H,3-6H2;;/q;;;-1;/b;;2-1-,8-7?;;/t2*14-,15-;;;/m00.../s1. The van der Waals surface area contributed by atoms with E-state index >= 15 is 0 Å². The van der Waals surface area contributed by atoms with Crippen molar-refractivity contribution in [3.63, 3.8) is 0 Å². The van der Waals surface area contributed by atoms with Crippen LogP contribution in [0.3, 0.4) is 0 Å². The second kappa shape index (κ2) is 22.0. The predicted octanol–water partition coefficient (Wildman–Crippen LogP) is 12.5. The molecule has 0 aromatic heterocycles. The van der Waals surface area contributed by atoms with Crippen molar-refractivity contribution >= 4 is 33.7 Å². The summed E-state index contributed by atoms with van der Waals surface area (Å²) in [5, 5.41) is 3.25. The Morgan fingerprint density at radius 2 is 0.696 bits per heavy atom. The SMILES string of the molecule is C1=CCC/C=C\CC1.CC(C)[C@@H]1C[C@@H](C(C)C)P1c1ccccc1.CC(C)[C@@H]1C[C@@H](C(C)C)P1c1ccccc1.F[B-](F)(F)F.[Rh]. The third-order valence-electron chi connectivity index (χ3n) is 8.92. The molecule has 1 radical (unpaired) electrons. The number of benzene rings is 2. The Balaban J connectivity index is 0.000000332. The van der Waals surface area contributed by atoms with Crippen molar-refractivity contribution < 1.29 is 36.7 Å². The maximum Gasteiger partial charge on any atom is 0.673 e. The monoisotopic (exact) mass is 766 g/mol. The Morgan fingerprint density at radius 3 is 0.891 bits per heavy atom. The molecule has 46 heavy (non-hydrogen) atoms. The quantitative estimate of drug-likeness (QED) is 0.119. The van der Waals surface area contributed by atoms with Gasteiger partial charge in [0.1, 0.15) is 0 Å². The van der Waals surface area contributed by atoms with E-state index in [1.165, 1.54) is 38.5 Å². The van der Waals surface area contributed by atoms with Gasteiger partial charge in [0.05, 0.1) is 0 Å². The van der Waals surface area contributed by atoms with Crippen molar-refractivity contribution in [2.24, 2.45) is 23.7 Å². The molecule has 5 rings (SSSR count). The van der Waals surface area contributed by atoms with Crippen LogP contribution in [-0.2, 0) is 19.5 Å². The topological polar surface area (TPSA) is 0 Å². The Hall–Kier alpha value is -0.812. The van der Waals surface area contributed by atoms with Crippen LogP contribution in [0.4, 0.5) is 17.3 Å². The average Bonchev–Trinajstić information content (AvgIpc) is 2.87. The first-order chi connectivity index (χ1) is 21.2. The van der Waals surface area contributed by atoms with Crippen molar-refractivity contribution in [1.82, 2.24) is 0 Å². The molecule has 0 unspecified atom stereocenters. The van der Waals surface area contributed by atoms with Crippen LogP contribution in [0.5, 0.6) is 0 Å². The van der Waals surface area contributed by atoms with E-state index in [1.807, 2.05) is 0 Å². The average molecular weight is 767 g/mol. The number of hydrogen-bond acceptors (Lipinski definition) is 0. The summed E-state index contributed by atoms with van der Waals surface area (Å²) in [4.78, 5) is 0. The first-order valence-corrected chi connectivity index (χ1v) is 20.0. The van der Waals surface area contributed by atoms with Gasteiger partial charge in [0.15, 0.2) is 0 Å². The van der Waals surface area contributed by atoms with Crippen molar-refractivity contribution in [2.45, 2.75) is 117 Å². The summed E-state index contributed by atoms with van der Waals surface area (Å²) in [6.07, 6.45) is 16.9. The normalized spacial score (nSPS) is 23.7. The van der Waals surface area contributed by atoms with Gasteiger partial charge in [0.25, 0.3) is 0 Å². The molecule has 2 saturated heterocycles. The third kappa shape index (κ3) is 15.2. The summed E-state index contributed by atoms with van der Waals surface area (Å²) < 4.78 is 39.0. The minimum absolute atomic E-state index is 0. The maximum absolute atomic E-state index is 9.75. The zero-order valence-corrected chi connectivity index (χ0v) is 32.7. The van der Waals surface area contributed by atoms with E-state index in [0.717, 1.165) is 46.3 Å². The van der Waals surface area contributed by atoms with Crippen LogP contribution in [-0.4, -0.2) is 29.9 Å². The van der Waals surface area contributed by atoms with E-state index in [-0.39, 0.29) is 35.3 Å². The van der Waals surface area contributed by atoms with Gasteiger partial charge in [-0.25, -0.2) is 0 Å². The molecule has 0 spiro atoms. The van der Waals surface area contributed by atoms with Crippen LogP contribution in [0.15, 0.2) is 85.0 Å². The Bertz CT molecular complexity index is 993. The molecular formula is C38H58BF4P2Rh-. The molecule has 8 heteroatoms. The van der Waals surface area contributed by atoms with Crippen LogP contribution >= 0.6 is 15.8 Å². The van der Waals surface area contributed by atoms with Crippen molar-refractivity contribution in [2.75, 3.05) is 0 Å². The molecule has 3 aliphatic rings. The van der Waals surface area contributed by atoms with Gasteiger partial charge in [-0.2, -0.15) is 0 Å². The maximum atomic E-state index is 9.75. The number of hydrogen-bond donors (Lipinski definition) is 0. The first-order valence-electron chi connectivity index (χ1n) is 17.1. The summed E-state index contributed by atoms with van der Waals surface area (Å²) in [6, 6.07) is 22.4. The molecule has 0 bridgehead atoms. The van der Waals surface area contributed by atoms with E-state index in [4.69, 9.17) is 0 Å².